The number of anilines is 2. The summed E-state index contributed by atoms with van der Waals surface area (Å²) >= 11 is 0. The number of pyridine rings is 1. The molecule has 0 radical (unpaired) electrons. The Labute approximate surface area is 256 Å². The number of aryl methyl sites for hydroxylation is 1. The van der Waals surface area contributed by atoms with Gasteiger partial charge in [0.1, 0.15) is 29.5 Å². The zero-order valence-corrected chi connectivity index (χ0v) is 26.7. The van der Waals surface area contributed by atoms with Gasteiger partial charge in [-0.25, -0.2) is 19.3 Å². The van der Waals surface area contributed by atoms with Crippen molar-refractivity contribution in [2.75, 3.05) is 36.0 Å². The number of β-amino-alcohol motifs (C(OH)–C–C–N with tert-alkyl or cyclic N) is 1. The van der Waals surface area contributed by atoms with Gasteiger partial charge in [-0.3, -0.25) is 0 Å². The van der Waals surface area contributed by atoms with Crippen molar-refractivity contribution in [1.29, 1.82) is 0 Å². The van der Waals surface area contributed by atoms with E-state index in [1.807, 2.05) is 19.1 Å². The van der Waals surface area contributed by atoms with Gasteiger partial charge in [0.2, 0.25) is 0 Å². The minimum Gasteiger partial charge on any atom is -0.391 e. The number of nitrogens with zero attached hydrogens (tertiary/aromatic N) is 6. The molecule has 2 fully saturated rings. The van der Waals surface area contributed by atoms with Crippen molar-refractivity contribution in [3.8, 4) is 11.1 Å². The van der Waals surface area contributed by atoms with Gasteiger partial charge in [-0.2, -0.15) is 0 Å². The lowest BCUT2D eigenvalue weighted by molar-refractivity contribution is 0.198. The number of fused-ring (bicyclic) bond motifs is 1. The first-order valence-electron chi connectivity index (χ1n) is 15.7. The molecule has 3 aromatic rings. The number of rotatable bonds is 8. The maximum atomic E-state index is 14.8. The molecule has 0 saturated carbocycles. The topological polar surface area (TPSA) is 87.0 Å². The Kier molecular flexibility index (Phi) is 13.3. The number of hydrogen-bond acceptors (Lipinski definition) is 8. The smallest absolute Gasteiger partial charge is 0.140 e. The highest BCUT2D eigenvalue weighted by Crippen LogP contribution is 2.36. The summed E-state index contributed by atoms with van der Waals surface area (Å²) in [4.78, 5) is 22.8. The van der Waals surface area contributed by atoms with E-state index in [0.717, 1.165) is 97.0 Å². The van der Waals surface area contributed by atoms with E-state index < -0.39 is 0 Å². The van der Waals surface area contributed by atoms with Gasteiger partial charge < -0.3 is 19.7 Å². The number of aromatic nitrogens is 3. The third-order valence-electron chi connectivity index (χ3n) is 7.75. The minimum absolute atomic E-state index is 0.293. The van der Waals surface area contributed by atoms with Gasteiger partial charge in [-0.1, -0.05) is 52.3 Å². The molecule has 1 aromatic carbocycles. The second kappa shape index (κ2) is 16.9. The highest BCUT2D eigenvalue weighted by Gasteiger charge is 2.24. The fourth-order valence-corrected chi connectivity index (χ4v) is 5.50. The monoisotopic (exact) mass is 592 g/mol. The van der Waals surface area contributed by atoms with Crippen LogP contribution in [-0.4, -0.2) is 59.1 Å². The standard InChI is InChI=1S/C25H30FN5O.C6H11NO.C3H8/c1-3-17-6-9-30(10-7-17)25-22-13-18(26)12-21(24(22)27-15-28-25)20-4-5-23(29-16(20)2)31-11-8-19(32)14-31;1-4-5-6(2)8-7-3;1-3-2/h4-5,12-13,15,17,19,32H,3,6-11,14H2,1-2H3;2-5H2,1H3;3H2,1-2H3. The fraction of sp³-hybridized carbons (Fsp3) is 0.529. The summed E-state index contributed by atoms with van der Waals surface area (Å²) < 4.78 is 14.8. The predicted octanol–water partition coefficient (Wildman–Crippen LogP) is 7.69. The Morgan fingerprint density at radius 1 is 1.05 bits per heavy atom. The van der Waals surface area contributed by atoms with Crippen molar-refractivity contribution in [3.05, 3.63) is 54.4 Å². The summed E-state index contributed by atoms with van der Waals surface area (Å²) in [6.07, 6.45) is 8.67. The van der Waals surface area contributed by atoms with Gasteiger partial charge in [0.25, 0.3) is 0 Å². The molecule has 1 N–H and O–H groups in total. The zero-order valence-electron chi connectivity index (χ0n) is 26.7. The molecular weight excluding hydrogens is 543 g/mol. The van der Waals surface area contributed by atoms with Crippen LogP contribution in [0.3, 0.4) is 0 Å². The first kappa shape index (κ1) is 33.9. The quantitative estimate of drug-likeness (QED) is 0.163. The Bertz CT molecular complexity index is 1340. The number of aliphatic hydroxyl groups is 1. The zero-order chi connectivity index (χ0) is 31.4. The Morgan fingerprint density at radius 2 is 1.74 bits per heavy atom. The van der Waals surface area contributed by atoms with Gasteiger partial charge in [0.05, 0.1) is 11.6 Å². The van der Waals surface area contributed by atoms with Crippen LogP contribution in [0.25, 0.3) is 22.0 Å². The van der Waals surface area contributed by atoms with Gasteiger partial charge in [-0.15, -0.1) is 0 Å². The van der Waals surface area contributed by atoms with Crippen LogP contribution in [0.4, 0.5) is 16.0 Å². The molecule has 0 aliphatic carbocycles. The van der Waals surface area contributed by atoms with Crippen LogP contribution in [-0.2, 0) is 4.84 Å². The van der Waals surface area contributed by atoms with Crippen molar-refractivity contribution in [2.24, 2.45) is 11.1 Å². The van der Waals surface area contributed by atoms with E-state index in [1.54, 1.807) is 18.5 Å². The predicted molar refractivity (Wildman–Crippen MR) is 176 cm³/mol. The molecule has 43 heavy (non-hydrogen) atoms. The molecule has 1 unspecified atom stereocenters. The van der Waals surface area contributed by atoms with Crippen LogP contribution in [0.15, 0.2) is 48.1 Å². The molecule has 234 valence electrons. The first-order valence-corrected chi connectivity index (χ1v) is 15.7. The summed E-state index contributed by atoms with van der Waals surface area (Å²) in [5.41, 5.74) is 3.18. The van der Waals surface area contributed by atoms with Crippen LogP contribution >= 0.6 is 0 Å². The molecule has 9 heteroatoms. The van der Waals surface area contributed by atoms with Crippen LogP contribution < -0.4 is 9.80 Å². The summed E-state index contributed by atoms with van der Waals surface area (Å²) in [6, 6.07) is 7.05. The van der Waals surface area contributed by atoms with Gasteiger partial charge in [-0.05, 0) is 62.8 Å². The average Bonchev–Trinajstić information content (AvgIpc) is 3.44. The Morgan fingerprint density at radius 3 is 2.33 bits per heavy atom. The molecule has 0 amide bonds. The molecule has 4 heterocycles. The molecule has 5 rings (SSSR count). The highest BCUT2D eigenvalue weighted by molar-refractivity contribution is 5.99. The Balaban J connectivity index is 0.000000396. The van der Waals surface area contributed by atoms with E-state index in [1.165, 1.54) is 12.8 Å². The van der Waals surface area contributed by atoms with E-state index in [0.29, 0.717) is 12.3 Å². The number of hydrogen-bond donors (Lipinski definition) is 1. The van der Waals surface area contributed by atoms with Crippen molar-refractivity contribution < 1.29 is 14.3 Å². The average molecular weight is 593 g/mol. The normalized spacial score (nSPS) is 16.7. The second-order valence-corrected chi connectivity index (χ2v) is 11.3. The maximum Gasteiger partial charge on any atom is 0.140 e. The van der Waals surface area contributed by atoms with E-state index in [-0.39, 0.29) is 11.9 Å². The molecule has 2 aromatic heterocycles. The highest BCUT2D eigenvalue weighted by atomic mass is 19.1. The number of aliphatic hydroxyl groups excluding tert-OH is 1. The van der Waals surface area contributed by atoms with E-state index >= 15 is 0 Å². The maximum absolute atomic E-state index is 14.8. The third-order valence-corrected chi connectivity index (χ3v) is 7.75. The van der Waals surface area contributed by atoms with Crippen LogP contribution in [0.1, 0.15) is 78.3 Å². The minimum atomic E-state index is -0.304. The number of oxime groups is 1. The first-order chi connectivity index (χ1) is 20.8. The molecule has 2 aliphatic rings. The Hall–Kier alpha value is -3.59. The lowest BCUT2D eigenvalue weighted by Crippen LogP contribution is -2.34. The van der Waals surface area contributed by atoms with Crippen LogP contribution in [0.5, 0.6) is 0 Å². The van der Waals surface area contributed by atoms with Crippen molar-refractivity contribution in [1.82, 2.24) is 15.0 Å². The van der Waals surface area contributed by atoms with Gasteiger partial charge in [0.15, 0.2) is 0 Å². The summed E-state index contributed by atoms with van der Waals surface area (Å²) in [5.74, 6) is 2.81. The molecule has 2 saturated heterocycles. The van der Waals surface area contributed by atoms with Crippen molar-refractivity contribution in [2.45, 2.75) is 85.7 Å². The number of benzene rings is 1. The van der Waals surface area contributed by atoms with Crippen LogP contribution in [0, 0.1) is 18.7 Å². The van der Waals surface area contributed by atoms with Crippen molar-refractivity contribution in [3.63, 3.8) is 0 Å². The fourth-order valence-electron chi connectivity index (χ4n) is 5.50. The SMILES string of the molecule is C=NOC(=C)CCC.CCC.CCC1CCN(c2ncnc3c(-c4ccc(N5CCC(O)C5)nc4C)cc(F)cc23)CC1. The number of halogens is 1. The summed E-state index contributed by atoms with van der Waals surface area (Å²) in [5, 5.41) is 13.8. The molecule has 2 aliphatic heterocycles. The number of allylic oxidation sites excluding steroid dienone is 1. The van der Waals surface area contributed by atoms with E-state index in [2.05, 4.69) is 70.8 Å². The van der Waals surface area contributed by atoms with Crippen molar-refractivity contribution >= 4 is 29.3 Å². The largest absolute Gasteiger partial charge is 0.391 e. The van der Waals surface area contributed by atoms with Gasteiger partial charge in [0, 0.05) is 61.5 Å². The molecule has 8 nitrogen and oxygen atoms in total. The summed E-state index contributed by atoms with van der Waals surface area (Å²) in [7, 11) is 0. The second-order valence-electron chi connectivity index (χ2n) is 11.3. The van der Waals surface area contributed by atoms with Gasteiger partial charge >= 0.3 is 0 Å². The summed E-state index contributed by atoms with van der Waals surface area (Å²) in [6.45, 7) is 20.5. The van der Waals surface area contributed by atoms with E-state index in [9.17, 15) is 9.50 Å². The lowest BCUT2D eigenvalue weighted by Gasteiger charge is -2.33. The molecule has 0 bridgehead atoms. The lowest BCUT2D eigenvalue weighted by atomic mass is 9.94. The van der Waals surface area contributed by atoms with E-state index in [4.69, 9.17) is 4.98 Å². The molecular formula is C34H49FN6O2. The number of piperidine rings is 1. The van der Waals surface area contributed by atoms with Crippen LogP contribution in [0.2, 0.25) is 0 Å². The molecule has 1 atom stereocenters. The third kappa shape index (κ3) is 9.20. The molecule has 0 spiro atoms.